The number of carbonyl (C=O) groups excluding carboxylic acids is 1. The number of para-hydroxylation sites is 1. The Labute approximate surface area is 135 Å². The van der Waals surface area contributed by atoms with E-state index in [4.69, 9.17) is 5.14 Å². The van der Waals surface area contributed by atoms with E-state index in [0.29, 0.717) is 12.2 Å². The van der Waals surface area contributed by atoms with Gasteiger partial charge >= 0.3 is 6.03 Å². The van der Waals surface area contributed by atoms with Gasteiger partial charge in [-0.2, -0.15) is 8.42 Å². The smallest absolute Gasteiger partial charge is 0.319 e. The van der Waals surface area contributed by atoms with E-state index in [1.54, 1.807) is 24.3 Å². The topological polar surface area (TPSA) is 113 Å². The number of hydrogen-bond acceptors (Lipinski definition) is 3. The van der Waals surface area contributed by atoms with E-state index in [1.807, 2.05) is 31.2 Å². The summed E-state index contributed by atoms with van der Waals surface area (Å²) in [4.78, 5) is 11.9. The third-order valence-corrected chi connectivity index (χ3v) is 3.58. The maximum absolute atomic E-state index is 11.9. The number of benzene rings is 2. The number of hydrogen-bond donors (Lipinski definition) is 4. The van der Waals surface area contributed by atoms with Crippen LogP contribution in [0.5, 0.6) is 0 Å². The maximum Gasteiger partial charge on any atom is 0.319 e. The summed E-state index contributed by atoms with van der Waals surface area (Å²) >= 11 is 0. The van der Waals surface area contributed by atoms with Gasteiger partial charge in [0, 0.05) is 17.9 Å². The van der Waals surface area contributed by atoms with E-state index in [0.717, 1.165) is 16.8 Å². The molecular formula is C15H18N4O3S. The summed E-state index contributed by atoms with van der Waals surface area (Å²) in [5.74, 6) is 0. The molecule has 8 heteroatoms. The molecule has 23 heavy (non-hydrogen) atoms. The summed E-state index contributed by atoms with van der Waals surface area (Å²) in [5, 5.41) is 10.4. The average molecular weight is 334 g/mol. The number of urea groups is 1. The van der Waals surface area contributed by atoms with Crippen LogP contribution in [0.3, 0.4) is 0 Å². The number of nitrogens with two attached hydrogens (primary N) is 1. The number of amides is 2. The molecule has 0 unspecified atom stereocenters. The molecule has 0 fully saturated rings. The Morgan fingerprint density at radius 2 is 1.74 bits per heavy atom. The summed E-state index contributed by atoms with van der Waals surface area (Å²) in [6, 6.07) is 13.7. The highest BCUT2D eigenvalue weighted by Gasteiger charge is 2.05. The van der Waals surface area contributed by atoms with Crippen LogP contribution >= 0.6 is 0 Å². The second kappa shape index (κ2) is 7.12. The van der Waals surface area contributed by atoms with E-state index >= 15 is 0 Å². The molecule has 0 aromatic heterocycles. The van der Waals surface area contributed by atoms with E-state index in [1.165, 1.54) is 0 Å². The van der Waals surface area contributed by atoms with Gasteiger partial charge in [0.05, 0.1) is 0 Å². The van der Waals surface area contributed by atoms with Crippen molar-refractivity contribution in [2.75, 3.05) is 10.0 Å². The summed E-state index contributed by atoms with van der Waals surface area (Å²) < 4.78 is 24.0. The number of anilines is 2. The second-order valence-corrected chi connectivity index (χ2v) is 6.26. The molecule has 0 saturated carbocycles. The lowest BCUT2D eigenvalue weighted by molar-refractivity contribution is 0.251. The van der Waals surface area contributed by atoms with Gasteiger partial charge in [-0.15, -0.1) is 0 Å². The van der Waals surface area contributed by atoms with Gasteiger partial charge in [-0.25, -0.2) is 9.93 Å². The fraction of sp³-hybridized carbons (Fsp3) is 0.133. The molecule has 7 nitrogen and oxygen atoms in total. The van der Waals surface area contributed by atoms with E-state index in [-0.39, 0.29) is 6.03 Å². The lowest BCUT2D eigenvalue weighted by Gasteiger charge is -2.10. The predicted molar refractivity (Wildman–Crippen MR) is 90.2 cm³/mol. The Morgan fingerprint density at radius 1 is 1.09 bits per heavy atom. The van der Waals surface area contributed by atoms with Crippen LogP contribution in [0, 0.1) is 6.92 Å². The first kappa shape index (κ1) is 16.8. The van der Waals surface area contributed by atoms with Crippen molar-refractivity contribution >= 4 is 27.6 Å². The molecule has 2 aromatic rings. The minimum absolute atomic E-state index is 0.313. The van der Waals surface area contributed by atoms with Gasteiger partial charge in [-0.3, -0.25) is 4.72 Å². The van der Waals surface area contributed by atoms with Gasteiger partial charge in [0.25, 0.3) is 10.2 Å². The first-order valence-electron chi connectivity index (χ1n) is 6.83. The molecule has 122 valence electrons. The van der Waals surface area contributed by atoms with Crippen molar-refractivity contribution in [3.8, 4) is 0 Å². The van der Waals surface area contributed by atoms with Crippen LogP contribution < -0.4 is 20.5 Å². The Balaban J connectivity index is 1.88. The third-order valence-electron chi connectivity index (χ3n) is 3.06. The standard InChI is InChI=1S/C15H18N4O3S/c1-11-4-2-3-5-14(11)18-15(20)17-10-12-6-8-13(9-7-12)19-23(16,21)22/h2-9,19H,10H2,1H3,(H2,16,21,22)(H2,17,18,20). The average Bonchev–Trinajstić information content (AvgIpc) is 2.47. The molecule has 2 aromatic carbocycles. The van der Waals surface area contributed by atoms with E-state index in [9.17, 15) is 13.2 Å². The van der Waals surface area contributed by atoms with Crippen molar-refractivity contribution in [2.24, 2.45) is 5.14 Å². The molecule has 0 aliphatic rings. The molecule has 2 rings (SSSR count). The summed E-state index contributed by atoms with van der Waals surface area (Å²) in [6.07, 6.45) is 0. The predicted octanol–water partition coefficient (Wildman–Crippen LogP) is 1.93. The number of aryl methyl sites for hydroxylation is 1. The fourth-order valence-corrected chi connectivity index (χ4v) is 2.38. The maximum atomic E-state index is 11.9. The first-order valence-corrected chi connectivity index (χ1v) is 8.38. The molecular weight excluding hydrogens is 316 g/mol. The zero-order chi connectivity index (χ0) is 16.9. The van der Waals surface area contributed by atoms with E-state index < -0.39 is 10.2 Å². The SMILES string of the molecule is Cc1ccccc1NC(=O)NCc1ccc(NS(N)(=O)=O)cc1. The first-order chi connectivity index (χ1) is 10.8. The highest BCUT2D eigenvalue weighted by molar-refractivity contribution is 7.90. The van der Waals surface area contributed by atoms with Crippen LogP contribution in [0.1, 0.15) is 11.1 Å². The van der Waals surface area contributed by atoms with Crippen molar-refractivity contribution < 1.29 is 13.2 Å². The molecule has 0 aliphatic heterocycles. The van der Waals surface area contributed by atoms with Gasteiger partial charge in [-0.05, 0) is 36.2 Å². The minimum atomic E-state index is -3.78. The Hall–Kier alpha value is -2.58. The summed E-state index contributed by atoms with van der Waals surface area (Å²) in [7, 11) is -3.78. The third kappa shape index (κ3) is 5.61. The monoisotopic (exact) mass is 334 g/mol. The Bertz CT molecular complexity index is 789. The van der Waals surface area contributed by atoms with Crippen molar-refractivity contribution in [2.45, 2.75) is 13.5 Å². The number of nitrogens with one attached hydrogen (secondary N) is 3. The second-order valence-electron chi connectivity index (χ2n) is 4.97. The molecule has 2 amide bonds. The summed E-state index contributed by atoms with van der Waals surface area (Å²) in [5.41, 5.74) is 2.91. The van der Waals surface area contributed by atoms with Crippen LogP contribution in [-0.2, 0) is 16.8 Å². The summed E-state index contributed by atoms with van der Waals surface area (Å²) in [6.45, 7) is 2.22. The number of rotatable bonds is 5. The molecule has 0 spiro atoms. The zero-order valence-corrected chi connectivity index (χ0v) is 13.4. The largest absolute Gasteiger partial charge is 0.334 e. The zero-order valence-electron chi connectivity index (χ0n) is 12.5. The van der Waals surface area contributed by atoms with Gasteiger partial charge in [0.2, 0.25) is 0 Å². The fourth-order valence-electron chi connectivity index (χ4n) is 1.92. The highest BCUT2D eigenvalue weighted by Crippen LogP contribution is 2.13. The van der Waals surface area contributed by atoms with Crippen molar-refractivity contribution in [1.29, 1.82) is 0 Å². The van der Waals surface area contributed by atoms with Gasteiger partial charge in [-0.1, -0.05) is 30.3 Å². The lowest BCUT2D eigenvalue weighted by atomic mass is 10.2. The molecule has 0 heterocycles. The Morgan fingerprint density at radius 3 is 2.35 bits per heavy atom. The van der Waals surface area contributed by atoms with Crippen LogP contribution in [0.25, 0.3) is 0 Å². The van der Waals surface area contributed by atoms with Gasteiger partial charge in [0.1, 0.15) is 0 Å². The van der Waals surface area contributed by atoms with Crippen LogP contribution in [0.2, 0.25) is 0 Å². The molecule has 0 aliphatic carbocycles. The quantitative estimate of drug-likeness (QED) is 0.670. The van der Waals surface area contributed by atoms with Crippen LogP contribution in [-0.4, -0.2) is 14.4 Å². The van der Waals surface area contributed by atoms with Gasteiger partial charge in [0.15, 0.2) is 0 Å². The Kier molecular flexibility index (Phi) is 5.20. The highest BCUT2D eigenvalue weighted by atomic mass is 32.2. The van der Waals surface area contributed by atoms with Crippen molar-refractivity contribution in [1.82, 2.24) is 5.32 Å². The van der Waals surface area contributed by atoms with E-state index in [2.05, 4.69) is 15.4 Å². The molecule has 0 atom stereocenters. The van der Waals surface area contributed by atoms with Crippen LogP contribution in [0.15, 0.2) is 48.5 Å². The molecule has 0 radical (unpaired) electrons. The minimum Gasteiger partial charge on any atom is -0.334 e. The van der Waals surface area contributed by atoms with Crippen molar-refractivity contribution in [3.05, 3.63) is 59.7 Å². The van der Waals surface area contributed by atoms with Crippen molar-refractivity contribution in [3.63, 3.8) is 0 Å². The lowest BCUT2D eigenvalue weighted by Crippen LogP contribution is -2.28. The molecule has 5 N–H and O–H groups in total. The molecule has 0 bridgehead atoms. The van der Waals surface area contributed by atoms with Crippen LogP contribution in [0.4, 0.5) is 16.2 Å². The van der Waals surface area contributed by atoms with Gasteiger partial charge < -0.3 is 10.6 Å². The normalized spacial score (nSPS) is 10.9. The number of carbonyl (C=O) groups is 1. The molecule has 0 saturated heterocycles.